The maximum Gasteiger partial charge on any atom is 0.0700 e. The van der Waals surface area contributed by atoms with Crippen molar-refractivity contribution in [3.8, 4) is 0 Å². The van der Waals surface area contributed by atoms with Gasteiger partial charge in [-0.1, -0.05) is 48.0 Å². The molecule has 0 saturated heterocycles. The van der Waals surface area contributed by atoms with Gasteiger partial charge in [-0.2, -0.15) is 0 Å². The summed E-state index contributed by atoms with van der Waals surface area (Å²) in [5, 5.41) is 10.7. The van der Waals surface area contributed by atoms with Gasteiger partial charge in [0, 0.05) is 0 Å². The molecule has 0 saturated carbocycles. The highest BCUT2D eigenvalue weighted by molar-refractivity contribution is 4.92. The zero-order valence-corrected chi connectivity index (χ0v) is 10.9. The highest BCUT2D eigenvalue weighted by Gasteiger charge is 2.41. The van der Waals surface area contributed by atoms with Gasteiger partial charge >= 0.3 is 0 Å². The summed E-state index contributed by atoms with van der Waals surface area (Å²) in [7, 11) is 0. The van der Waals surface area contributed by atoms with Crippen LogP contribution in [0.4, 0.5) is 0 Å². The molecule has 1 unspecified atom stereocenters. The molecule has 1 heteroatoms. The highest BCUT2D eigenvalue weighted by Crippen LogP contribution is 2.41. The molecule has 0 fully saturated rings. The lowest BCUT2D eigenvalue weighted by Gasteiger charge is -2.43. The van der Waals surface area contributed by atoms with Crippen LogP contribution in [-0.4, -0.2) is 10.7 Å². The van der Waals surface area contributed by atoms with E-state index in [0.29, 0.717) is 5.92 Å². The van der Waals surface area contributed by atoms with E-state index >= 15 is 0 Å². The first-order chi connectivity index (χ1) is 6.29. The molecule has 1 atom stereocenters. The molecule has 1 N–H and O–H groups in total. The Labute approximate surface area is 89.9 Å². The summed E-state index contributed by atoms with van der Waals surface area (Å²) in [4.78, 5) is 0. The Kier molecular flexibility index (Phi) is 5.14. The lowest BCUT2D eigenvalue weighted by atomic mass is 9.67. The second-order valence-electron chi connectivity index (χ2n) is 5.62. The summed E-state index contributed by atoms with van der Waals surface area (Å²) in [5.41, 5.74) is -0.446. The smallest absolute Gasteiger partial charge is 0.0700 e. The average Bonchev–Trinajstić information content (AvgIpc) is 2.03. The zero-order chi connectivity index (χ0) is 11.4. The van der Waals surface area contributed by atoms with Crippen molar-refractivity contribution < 1.29 is 5.11 Å². The molecule has 1 nitrogen and oxygen atoms in total. The van der Waals surface area contributed by atoms with Crippen LogP contribution in [0.25, 0.3) is 0 Å². The molecule has 0 aliphatic carbocycles. The fourth-order valence-corrected chi connectivity index (χ4v) is 2.13. The van der Waals surface area contributed by atoms with Gasteiger partial charge in [0.2, 0.25) is 0 Å². The van der Waals surface area contributed by atoms with Crippen molar-refractivity contribution in [1.29, 1.82) is 0 Å². The molecule has 0 heterocycles. The molecule has 0 aliphatic rings. The number of rotatable bonds is 6. The number of hydrogen-bond acceptors (Lipinski definition) is 1. The van der Waals surface area contributed by atoms with E-state index in [2.05, 4.69) is 41.5 Å². The summed E-state index contributed by atoms with van der Waals surface area (Å²) < 4.78 is 0. The zero-order valence-electron chi connectivity index (χ0n) is 10.9. The van der Waals surface area contributed by atoms with E-state index in [9.17, 15) is 5.11 Å². The van der Waals surface area contributed by atoms with E-state index in [0.717, 1.165) is 25.7 Å². The van der Waals surface area contributed by atoms with Crippen LogP contribution in [0, 0.1) is 11.3 Å². The predicted molar refractivity (Wildman–Crippen MR) is 63.4 cm³/mol. The largest absolute Gasteiger partial charge is 0.389 e. The van der Waals surface area contributed by atoms with Crippen molar-refractivity contribution in [2.75, 3.05) is 0 Å². The fourth-order valence-electron chi connectivity index (χ4n) is 2.13. The van der Waals surface area contributed by atoms with Crippen molar-refractivity contribution in [2.24, 2.45) is 11.3 Å². The lowest BCUT2D eigenvalue weighted by Crippen LogP contribution is -2.45. The Bertz CT molecular complexity index is 161. The summed E-state index contributed by atoms with van der Waals surface area (Å²) >= 11 is 0. The molecule has 0 amide bonds. The van der Waals surface area contributed by atoms with Gasteiger partial charge in [-0.3, -0.25) is 0 Å². The van der Waals surface area contributed by atoms with E-state index in [1.54, 1.807) is 0 Å². The Morgan fingerprint density at radius 3 is 1.93 bits per heavy atom. The van der Waals surface area contributed by atoms with Gasteiger partial charge < -0.3 is 5.11 Å². The van der Waals surface area contributed by atoms with Crippen molar-refractivity contribution in [3.05, 3.63) is 0 Å². The van der Waals surface area contributed by atoms with E-state index in [1.807, 2.05) is 0 Å². The highest BCUT2D eigenvalue weighted by atomic mass is 16.3. The van der Waals surface area contributed by atoms with Gasteiger partial charge in [-0.25, -0.2) is 0 Å². The molecule has 0 spiro atoms. The Balaban J connectivity index is 4.69. The monoisotopic (exact) mass is 200 g/mol. The van der Waals surface area contributed by atoms with Crippen LogP contribution >= 0.6 is 0 Å². The second-order valence-corrected chi connectivity index (χ2v) is 5.62. The van der Waals surface area contributed by atoms with E-state index < -0.39 is 5.60 Å². The van der Waals surface area contributed by atoms with Crippen LogP contribution in [0.15, 0.2) is 0 Å². The SMILES string of the molecule is CCCC(O)(CC(C)C)C(C)(C)CC. The van der Waals surface area contributed by atoms with Crippen LogP contribution in [0.2, 0.25) is 0 Å². The number of aliphatic hydroxyl groups is 1. The second kappa shape index (κ2) is 5.16. The molecule has 0 aromatic heterocycles. The minimum Gasteiger partial charge on any atom is -0.389 e. The van der Waals surface area contributed by atoms with E-state index in [-0.39, 0.29) is 5.41 Å². The Hall–Kier alpha value is -0.0400. The Morgan fingerprint density at radius 2 is 1.64 bits per heavy atom. The summed E-state index contributed by atoms with van der Waals surface area (Å²) in [6.45, 7) is 13.1. The third kappa shape index (κ3) is 3.27. The van der Waals surface area contributed by atoms with Crippen LogP contribution in [-0.2, 0) is 0 Å². The first-order valence-electron chi connectivity index (χ1n) is 6.01. The average molecular weight is 200 g/mol. The van der Waals surface area contributed by atoms with Crippen LogP contribution in [0.1, 0.15) is 67.2 Å². The number of hydrogen-bond donors (Lipinski definition) is 1. The molecular formula is C13H28O. The molecule has 0 aliphatic heterocycles. The quantitative estimate of drug-likeness (QED) is 0.687. The van der Waals surface area contributed by atoms with Crippen molar-refractivity contribution >= 4 is 0 Å². The molecule has 0 aromatic carbocycles. The van der Waals surface area contributed by atoms with Crippen LogP contribution in [0.5, 0.6) is 0 Å². The molecule has 0 bridgehead atoms. The molecule has 0 aromatic rings. The first kappa shape index (κ1) is 14.0. The minimum atomic E-state index is -0.481. The maximum absolute atomic E-state index is 10.7. The van der Waals surface area contributed by atoms with Gasteiger partial charge in [0.1, 0.15) is 0 Å². The topological polar surface area (TPSA) is 20.2 Å². The summed E-state index contributed by atoms with van der Waals surface area (Å²) in [5.74, 6) is 0.567. The normalized spacial score (nSPS) is 17.1. The maximum atomic E-state index is 10.7. The van der Waals surface area contributed by atoms with Crippen molar-refractivity contribution in [1.82, 2.24) is 0 Å². The van der Waals surface area contributed by atoms with Gasteiger partial charge in [0.15, 0.2) is 0 Å². The third-order valence-corrected chi connectivity index (χ3v) is 3.55. The van der Waals surface area contributed by atoms with E-state index in [1.165, 1.54) is 0 Å². The van der Waals surface area contributed by atoms with Gasteiger partial charge in [-0.05, 0) is 30.6 Å². The van der Waals surface area contributed by atoms with Crippen molar-refractivity contribution in [2.45, 2.75) is 72.8 Å². The van der Waals surface area contributed by atoms with E-state index in [4.69, 9.17) is 0 Å². The standard InChI is InChI=1S/C13H28O/c1-7-9-13(14,10-11(3)4)12(5,6)8-2/h11,14H,7-10H2,1-6H3. The fraction of sp³-hybridized carbons (Fsp3) is 1.00. The summed E-state index contributed by atoms with van der Waals surface area (Å²) in [6, 6.07) is 0. The first-order valence-corrected chi connectivity index (χ1v) is 6.01. The van der Waals surface area contributed by atoms with Gasteiger partial charge in [0.05, 0.1) is 5.60 Å². The molecule has 0 radical (unpaired) electrons. The predicted octanol–water partition coefficient (Wildman–Crippen LogP) is 4.00. The molecule has 14 heavy (non-hydrogen) atoms. The molecular weight excluding hydrogens is 172 g/mol. The van der Waals surface area contributed by atoms with Crippen LogP contribution in [0.3, 0.4) is 0 Å². The van der Waals surface area contributed by atoms with Crippen LogP contribution < -0.4 is 0 Å². The molecule has 0 rings (SSSR count). The van der Waals surface area contributed by atoms with Gasteiger partial charge in [-0.15, -0.1) is 0 Å². The third-order valence-electron chi connectivity index (χ3n) is 3.55. The lowest BCUT2D eigenvalue weighted by molar-refractivity contribution is -0.0901. The van der Waals surface area contributed by atoms with Crippen molar-refractivity contribution in [3.63, 3.8) is 0 Å². The summed E-state index contributed by atoms with van der Waals surface area (Å²) in [6.07, 6.45) is 3.94. The van der Waals surface area contributed by atoms with Gasteiger partial charge in [0.25, 0.3) is 0 Å². The molecule has 86 valence electrons. The Morgan fingerprint density at radius 1 is 1.14 bits per heavy atom. The minimum absolute atomic E-state index is 0.0350.